The molecule has 24 heavy (non-hydrogen) atoms. The molecule has 0 fully saturated rings. The predicted octanol–water partition coefficient (Wildman–Crippen LogP) is 1.77. The zero-order valence-electron chi connectivity index (χ0n) is 16.1. The quantitative estimate of drug-likeness (QED) is 0.254. The van der Waals surface area contributed by atoms with E-state index in [2.05, 4.69) is 0 Å². The maximum absolute atomic E-state index is 10.7. The van der Waals surface area contributed by atoms with E-state index in [0.717, 1.165) is 32.1 Å². The van der Waals surface area contributed by atoms with E-state index >= 15 is 0 Å². The van der Waals surface area contributed by atoms with Gasteiger partial charge < -0.3 is 9.66 Å². The number of hydrogen-bond acceptors (Lipinski definition) is 4. The number of hydrogen-bond donors (Lipinski definition) is 1. The van der Waals surface area contributed by atoms with Crippen LogP contribution in [0.4, 0.5) is 0 Å². The van der Waals surface area contributed by atoms with Crippen LogP contribution in [0.2, 0.25) is 0 Å². The van der Waals surface area contributed by atoms with Crippen LogP contribution in [0.3, 0.4) is 0 Å². The second kappa shape index (κ2) is 17.3. The number of aliphatic hydroxyl groups is 1. The minimum absolute atomic E-state index is 0. The van der Waals surface area contributed by atoms with Gasteiger partial charge in [0.15, 0.2) is 0 Å². The molecule has 6 heteroatoms. The van der Waals surface area contributed by atoms with Crippen molar-refractivity contribution in [2.75, 3.05) is 0 Å². The van der Waals surface area contributed by atoms with E-state index in [-0.39, 0.29) is 35.7 Å². The van der Waals surface area contributed by atoms with E-state index in [1.165, 1.54) is 58.3 Å². The van der Waals surface area contributed by atoms with E-state index in [0.29, 0.717) is 6.42 Å². The van der Waals surface area contributed by atoms with Gasteiger partial charge in [-0.1, -0.05) is 77.0 Å². The molecular weight excluding hydrogens is 335 g/mol. The number of aliphatic hydroxyl groups excluding tert-OH is 1. The molecule has 140 valence electrons. The zero-order chi connectivity index (χ0) is 17.6. The van der Waals surface area contributed by atoms with Gasteiger partial charge in [0.05, 0.1) is 16.2 Å². The fraction of sp³-hybridized carbons (Fsp3) is 1.00. The molecule has 0 radical (unpaired) electrons. The monoisotopic (exact) mass is 372 g/mol. The Morgan fingerprint density at radius 1 is 0.708 bits per heavy atom. The second-order valence-corrected chi connectivity index (χ2v) is 8.76. The van der Waals surface area contributed by atoms with Crippen molar-refractivity contribution >= 4 is 10.1 Å². The Labute approximate surface area is 172 Å². The zero-order valence-corrected chi connectivity index (χ0v) is 19.0. The van der Waals surface area contributed by atoms with Crippen LogP contribution in [0.15, 0.2) is 0 Å². The smallest absolute Gasteiger partial charge is 0.748 e. The summed E-state index contributed by atoms with van der Waals surface area (Å²) in [7, 11) is -4.09. The Kier molecular flexibility index (Phi) is 19.5. The van der Waals surface area contributed by atoms with Crippen LogP contribution < -0.4 is 29.6 Å². The van der Waals surface area contributed by atoms with Gasteiger partial charge in [0.25, 0.3) is 0 Å². The fourth-order valence-electron chi connectivity index (χ4n) is 2.78. The molecule has 0 aromatic carbocycles. The largest absolute Gasteiger partial charge is 1.00 e. The van der Waals surface area contributed by atoms with Gasteiger partial charge in [0.1, 0.15) is 0 Å². The van der Waals surface area contributed by atoms with Crippen LogP contribution in [0.5, 0.6) is 0 Å². The van der Waals surface area contributed by atoms with Crippen molar-refractivity contribution in [2.24, 2.45) is 0 Å². The third-order valence-electron chi connectivity index (χ3n) is 4.48. The summed E-state index contributed by atoms with van der Waals surface area (Å²) in [6.45, 7) is 3.36. The molecule has 2 atom stereocenters. The maximum atomic E-state index is 10.7. The van der Waals surface area contributed by atoms with E-state index in [1.54, 1.807) is 0 Å². The molecule has 0 aliphatic carbocycles. The van der Waals surface area contributed by atoms with Crippen LogP contribution in [-0.2, 0) is 10.1 Å². The van der Waals surface area contributed by atoms with Crippen LogP contribution >= 0.6 is 0 Å². The SMILES string of the molecule is CC(O)CCCCCCCCCCCCCCC(C)S(=O)(=O)[O-].[Na+]. The van der Waals surface area contributed by atoms with Crippen molar-refractivity contribution < 1.29 is 47.6 Å². The summed E-state index contributed by atoms with van der Waals surface area (Å²) in [5, 5.41) is 8.42. The minimum atomic E-state index is -4.09. The molecule has 1 N–H and O–H groups in total. The summed E-state index contributed by atoms with van der Waals surface area (Å²) in [6, 6.07) is 0. The molecule has 0 bridgehead atoms. The third-order valence-corrected chi connectivity index (χ3v) is 5.70. The standard InChI is InChI=1S/C18H38O4S.Na/c1-17(19)15-13-11-9-7-5-3-4-6-8-10-12-14-16-18(2)23(20,21)22;/h17-19H,3-16H2,1-2H3,(H,20,21,22);/q;+1/p-1. The van der Waals surface area contributed by atoms with Gasteiger partial charge in [-0.05, 0) is 26.7 Å². The Hall–Kier alpha value is 0.870. The average molecular weight is 373 g/mol. The van der Waals surface area contributed by atoms with Gasteiger partial charge in [0, 0.05) is 5.25 Å². The Bertz CT molecular complexity index is 358. The van der Waals surface area contributed by atoms with Gasteiger partial charge in [-0.25, -0.2) is 8.42 Å². The van der Waals surface area contributed by atoms with Crippen molar-refractivity contribution in [3.05, 3.63) is 0 Å². The summed E-state index contributed by atoms with van der Waals surface area (Å²) < 4.78 is 32.2. The van der Waals surface area contributed by atoms with E-state index in [1.807, 2.05) is 6.92 Å². The second-order valence-electron chi connectivity index (χ2n) is 6.97. The summed E-state index contributed by atoms with van der Waals surface area (Å²) >= 11 is 0. The van der Waals surface area contributed by atoms with Crippen molar-refractivity contribution in [3.8, 4) is 0 Å². The van der Waals surface area contributed by atoms with Crippen LogP contribution in [-0.4, -0.2) is 29.4 Å². The molecule has 0 aliphatic rings. The molecule has 0 rings (SSSR count). The Morgan fingerprint density at radius 3 is 1.29 bits per heavy atom. The van der Waals surface area contributed by atoms with Crippen molar-refractivity contribution in [3.63, 3.8) is 0 Å². The van der Waals surface area contributed by atoms with Crippen molar-refractivity contribution in [1.29, 1.82) is 0 Å². The molecule has 0 saturated heterocycles. The van der Waals surface area contributed by atoms with Crippen LogP contribution in [0.1, 0.15) is 104 Å². The molecule has 0 aromatic rings. The molecule has 0 spiro atoms. The number of rotatable bonds is 16. The molecule has 0 heterocycles. The van der Waals surface area contributed by atoms with E-state index < -0.39 is 15.4 Å². The van der Waals surface area contributed by atoms with Gasteiger partial charge >= 0.3 is 29.6 Å². The summed E-state index contributed by atoms with van der Waals surface area (Å²) in [6.07, 6.45) is 15.7. The molecule has 0 aliphatic heterocycles. The number of unbranched alkanes of at least 4 members (excludes halogenated alkanes) is 11. The molecular formula is C18H37NaO4S. The normalized spacial score (nSPS) is 14.2. The van der Waals surface area contributed by atoms with Gasteiger partial charge in [0.2, 0.25) is 0 Å². The van der Waals surface area contributed by atoms with Crippen molar-refractivity contribution in [1.82, 2.24) is 0 Å². The van der Waals surface area contributed by atoms with Crippen molar-refractivity contribution in [2.45, 2.75) is 115 Å². The molecule has 2 unspecified atom stereocenters. The van der Waals surface area contributed by atoms with Gasteiger partial charge in [-0.15, -0.1) is 0 Å². The Balaban J connectivity index is 0. The maximum Gasteiger partial charge on any atom is 1.00 e. The minimum Gasteiger partial charge on any atom is -0.748 e. The van der Waals surface area contributed by atoms with E-state index in [4.69, 9.17) is 5.11 Å². The summed E-state index contributed by atoms with van der Waals surface area (Å²) in [4.78, 5) is 0. The first-order valence-corrected chi connectivity index (χ1v) is 10.9. The first-order valence-electron chi connectivity index (χ1n) is 9.47. The third kappa shape index (κ3) is 19.2. The fourth-order valence-corrected chi connectivity index (χ4v) is 3.24. The topological polar surface area (TPSA) is 77.4 Å². The molecule has 4 nitrogen and oxygen atoms in total. The molecule has 0 aromatic heterocycles. The Morgan fingerprint density at radius 2 is 1.00 bits per heavy atom. The summed E-state index contributed by atoms with van der Waals surface area (Å²) in [5.74, 6) is 0. The van der Waals surface area contributed by atoms with E-state index in [9.17, 15) is 13.0 Å². The first kappa shape index (κ1) is 27.1. The van der Waals surface area contributed by atoms with Crippen LogP contribution in [0.25, 0.3) is 0 Å². The molecule has 0 saturated carbocycles. The average Bonchev–Trinajstić information content (AvgIpc) is 2.46. The predicted molar refractivity (Wildman–Crippen MR) is 95.5 cm³/mol. The molecule has 0 amide bonds. The first-order chi connectivity index (χ1) is 10.8. The van der Waals surface area contributed by atoms with Crippen LogP contribution in [0, 0.1) is 0 Å². The van der Waals surface area contributed by atoms with Gasteiger partial charge in [-0.3, -0.25) is 0 Å². The summed E-state index contributed by atoms with van der Waals surface area (Å²) in [5.41, 5.74) is 0. The van der Waals surface area contributed by atoms with Gasteiger partial charge in [-0.2, -0.15) is 0 Å².